The molecule has 0 aromatic rings. The number of hydrogen-bond donors (Lipinski definition) is 0. The van der Waals surface area contributed by atoms with Gasteiger partial charge in [0.25, 0.3) is 0 Å². The third-order valence-corrected chi connectivity index (χ3v) is 9.33. The maximum atomic E-state index is 6.27. The number of rotatable bonds is 22. The molecular formula is C28H63N3OSi. The molecule has 0 amide bonds. The van der Waals surface area contributed by atoms with E-state index < -0.39 is 9.76 Å². The molecule has 0 spiro atoms. The Morgan fingerprint density at radius 3 is 1.15 bits per heavy atom. The van der Waals surface area contributed by atoms with Crippen LogP contribution in [-0.4, -0.2) is 89.0 Å². The van der Waals surface area contributed by atoms with Gasteiger partial charge in [-0.1, -0.05) is 41.5 Å². The summed E-state index contributed by atoms with van der Waals surface area (Å²) in [6.07, 6.45) is 9.60. The van der Waals surface area contributed by atoms with Crippen LogP contribution in [0.3, 0.4) is 0 Å². The second kappa shape index (κ2) is 19.3. The Balaban J connectivity index is 5.29. The van der Waals surface area contributed by atoms with Crippen molar-refractivity contribution in [1.29, 1.82) is 0 Å². The van der Waals surface area contributed by atoms with Crippen LogP contribution in [0.1, 0.15) is 107 Å². The Labute approximate surface area is 212 Å². The summed E-state index contributed by atoms with van der Waals surface area (Å²) in [5, 5.41) is 0. The van der Waals surface area contributed by atoms with Crippen molar-refractivity contribution in [1.82, 2.24) is 14.7 Å². The van der Waals surface area contributed by atoms with Crippen LogP contribution >= 0.6 is 0 Å². The summed E-state index contributed by atoms with van der Waals surface area (Å²) in [6, 6.07) is 1.33. The first-order chi connectivity index (χ1) is 15.7. The van der Waals surface area contributed by atoms with Crippen molar-refractivity contribution in [3.05, 3.63) is 0 Å². The van der Waals surface area contributed by atoms with Crippen molar-refractivity contribution < 1.29 is 4.43 Å². The van der Waals surface area contributed by atoms with Crippen molar-refractivity contribution in [2.45, 2.75) is 119 Å². The van der Waals surface area contributed by atoms with Crippen molar-refractivity contribution in [3.8, 4) is 0 Å². The van der Waals surface area contributed by atoms with E-state index in [1.54, 1.807) is 0 Å². The Hall–Kier alpha value is 0.0569. The zero-order chi connectivity index (χ0) is 25.2. The van der Waals surface area contributed by atoms with Gasteiger partial charge in [0.05, 0.1) is 0 Å². The summed E-state index contributed by atoms with van der Waals surface area (Å²) in [4.78, 5) is 7.82. The largest absolute Gasteiger partial charge is 0.419 e. The molecule has 0 aliphatic heterocycles. The van der Waals surface area contributed by atoms with E-state index in [2.05, 4.69) is 77.0 Å². The molecule has 0 rings (SSSR count). The van der Waals surface area contributed by atoms with Gasteiger partial charge in [0.2, 0.25) is 0 Å². The van der Waals surface area contributed by atoms with Crippen LogP contribution in [0.2, 0.25) is 6.04 Å². The van der Waals surface area contributed by atoms with Crippen LogP contribution in [-0.2, 0) is 4.43 Å². The van der Waals surface area contributed by atoms with Crippen LogP contribution in [0.15, 0.2) is 0 Å². The fourth-order valence-electron chi connectivity index (χ4n) is 5.23. The molecule has 0 aliphatic carbocycles. The first-order valence-electron chi connectivity index (χ1n) is 14.5. The molecule has 5 heteroatoms. The first kappa shape index (κ1) is 33.1. The topological polar surface area (TPSA) is 19.0 Å². The number of hydrogen-bond acceptors (Lipinski definition) is 4. The minimum absolute atomic E-state index is 0.0309. The smallest absolute Gasteiger partial charge is 0.162 e. The van der Waals surface area contributed by atoms with Gasteiger partial charge in [-0.2, -0.15) is 0 Å². The second-order valence-electron chi connectivity index (χ2n) is 11.0. The Kier molecular flexibility index (Phi) is 19.3. The molecule has 0 aliphatic rings. The van der Waals surface area contributed by atoms with E-state index >= 15 is 0 Å². The van der Waals surface area contributed by atoms with Gasteiger partial charge >= 0.3 is 0 Å². The normalized spacial score (nSPS) is 13.5. The molecule has 0 heterocycles. The predicted molar refractivity (Wildman–Crippen MR) is 152 cm³/mol. The van der Waals surface area contributed by atoms with Gasteiger partial charge in [0, 0.05) is 5.60 Å². The molecule has 33 heavy (non-hydrogen) atoms. The lowest BCUT2D eigenvalue weighted by Crippen LogP contribution is -2.31. The maximum Gasteiger partial charge on any atom is 0.162 e. The molecule has 0 atom stereocenters. The van der Waals surface area contributed by atoms with Gasteiger partial charge in [0.15, 0.2) is 9.76 Å². The molecule has 0 aromatic carbocycles. The molecule has 0 N–H and O–H groups in total. The minimum atomic E-state index is -0.447. The highest BCUT2D eigenvalue weighted by Gasteiger charge is 2.29. The molecule has 200 valence electrons. The van der Waals surface area contributed by atoms with Crippen LogP contribution in [0.5, 0.6) is 0 Å². The molecule has 0 aromatic heterocycles. The molecule has 0 radical (unpaired) electrons. The van der Waals surface area contributed by atoms with Crippen molar-refractivity contribution in [2.24, 2.45) is 5.41 Å². The zero-order valence-electron chi connectivity index (χ0n) is 24.5. The fourth-order valence-corrected chi connectivity index (χ4v) is 6.88. The van der Waals surface area contributed by atoms with Gasteiger partial charge in [-0.05, 0) is 136 Å². The van der Waals surface area contributed by atoms with E-state index in [9.17, 15) is 0 Å². The minimum Gasteiger partial charge on any atom is -0.419 e. The zero-order valence-corrected chi connectivity index (χ0v) is 25.9. The molecule has 0 unspecified atom stereocenters. The Morgan fingerprint density at radius 1 is 0.545 bits per heavy atom. The Morgan fingerprint density at radius 2 is 0.879 bits per heavy atom. The third kappa shape index (κ3) is 16.4. The molecule has 0 fully saturated rings. The monoisotopic (exact) mass is 485 g/mol. The summed E-state index contributed by atoms with van der Waals surface area (Å²) >= 11 is 0. The van der Waals surface area contributed by atoms with Crippen LogP contribution < -0.4 is 0 Å². The molecule has 4 nitrogen and oxygen atoms in total. The van der Waals surface area contributed by atoms with E-state index in [1.807, 2.05) is 0 Å². The van der Waals surface area contributed by atoms with E-state index in [4.69, 9.17) is 4.43 Å². The second-order valence-corrected chi connectivity index (χ2v) is 12.4. The molecule has 0 saturated heterocycles. The average molecular weight is 486 g/mol. The molecule has 0 saturated carbocycles. The van der Waals surface area contributed by atoms with Crippen LogP contribution in [0.25, 0.3) is 0 Å². The summed E-state index contributed by atoms with van der Waals surface area (Å²) < 4.78 is 6.27. The van der Waals surface area contributed by atoms with E-state index in [0.717, 1.165) is 0 Å². The average Bonchev–Trinajstić information content (AvgIpc) is 2.79. The fraction of sp³-hybridized carbons (Fsp3) is 1.00. The highest BCUT2D eigenvalue weighted by Crippen LogP contribution is 2.40. The van der Waals surface area contributed by atoms with E-state index in [-0.39, 0.29) is 5.60 Å². The maximum absolute atomic E-state index is 6.27. The van der Waals surface area contributed by atoms with E-state index in [1.165, 1.54) is 110 Å². The standard InChI is InChI=1S/C28H63N3OSi/c1-10-29(11-2)23-16-19-28(20-17-24-30(12-3)13-4,21-18-25-31(14-5)15-6)22-26-33-32-27(7,8)9/h10-26,33H2,1-9H3. The van der Waals surface area contributed by atoms with E-state index in [0.29, 0.717) is 5.41 Å². The van der Waals surface area contributed by atoms with Gasteiger partial charge in [-0.3, -0.25) is 0 Å². The highest BCUT2D eigenvalue weighted by atomic mass is 28.2. The van der Waals surface area contributed by atoms with Crippen molar-refractivity contribution in [2.75, 3.05) is 58.9 Å². The lowest BCUT2D eigenvalue weighted by atomic mass is 9.73. The summed E-state index contributed by atoms with van der Waals surface area (Å²) in [5.74, 6) is 0. The SMILES string of the molecule is CCN(CC)CCCC(CCCN(CC)CC)(CCCN(CC)CC)CC[SiH2]OC(C)(C)C. The molecule has 0 bridgehead atoms. The number of nitrogens with zero attached hydrogens (tertiary/aromatic N) is 3. The summed E-state index contributed by atoms with van der Waals surface area (Å²) in [5.41, 5.74) is 0.533. The van der Waals surface area contributed by atoms with Crippen LogP contribution in [0, 0.1) is 5.41 Å². The lowest BCUT2D eigenvalue weighted by molar-refractivity contribution is 0.130. The summed E-state index contributed by atoms with van der Waals surface area (Å²) in [6.45, 7) is 31.3. The third-order valence-electron chi connectivity index (χ3n) is 7.61. The van der Waals surface area contributed by atoms with Crippen LogP contribution in [0.4, 0.5) is 0 Å². The first-order valence-corrected chi connectivity index (χ1v) is 16.1. The van der Waals surface area contributed by atoms with Gasteiger partial charge in [-0.15, -0.1) is 0 Å². The lowest BCUT2D eigenvalue weighted by Gasteiger charge is -2.37. The predicted octanol–water partition coefficient (Wildman–Crippen LogP) is 6.05. The van der Waals surface area contributed by atoms with Gasteiger partial charge in [-0.25, -0.2) is 0 Å². The highest BCUT2D eigenvalue weighted by molar-refractivity contribution is 6.27. The summed E-state index contributed by atoms with van der Waals surface area (Å²) in [7, 11) is -0.447. The van der Waals surface area contributed by atoms with Crippen molar-refractivity contribution >= 4 is 9.76 Å². The Bertz CT molecular complexity index is 384. The van der Waals surface area contributed by atoms with Gasteiger partial charge in [0.1, 0.15) is 0 Å². The molecular weight excluding hydrogens is 422 g/mol. The quantitative estimate of drug-likeness (QED) is 0.137. The van der Waals surface area contributed by atoms with Gasteiger partial charge < -0.3 is 19.1 Å². The van der Waals surface area contributed by atoms with Crippen molar-refractivity contribution in [3.63, 3.8) is 0 Å².